The molecule has 0 fully saturated rings. The smallest absolute Gasteiger partial charge is 0.121 e. The van der Waals surface area contributed by atoms with Crippen LogP contribution in [0.1, 0.15) is 12.0 Å². The minimum atomic E-state index is 0.437. The Labute approximate surface area is 64.1 Å². The van der Waals surface area contributed by atoms with Crippen LogP contribution in [0, 0.1) is 11.3 Å². The average molecular weight is 149 g/mol. The fourth-order valence-electron chi connectivity index (χ4n) is 0.729. The van der Waals surface area contributed by atoms with Gasteiger partial charge in [-0.25, -0.2) is 0 Å². The van der Waals surface area contributed by atoms with E-state index in [1.165, 1.54) is 6.20 Å². The molecule has 0 spiro atoms. The number of nitrogens with zero attached hydrogens (tertiary/aromatic N) is 3. The molecule has 0 aliphatic heterocycles. The second-order valence-corrected chi connectivity index (χ2v) is 2.06. The molecule has 0 aliphatic carbocycles. The van der Waals surface area contributed by atoms with Gasteiger partial charge in [-0.15, -0.1) is 0 Å². The number of aryl methyl sites for hydroxylation is 1. The van der Waals surface area contributed by atoms with Crippen LogP contribution in [0.25, 0.3) is 0 Å². The molecule has 1 aromatic heterocycles. The highest BCUT2D eigenvalue weighted by Crippen LogP contribution is 1.94. The van der Waals surface area contributed by atoms with Crippen molar-refractivity contribution in [3.05, 3.63) is 18.0 Å². The minimum Gasteiger partial charge on any atom is -0.303 e. The van der Waals surface area contributed by atoms with Gasteiger partial charge < -0.3 is 4.79 Å². The van der Waals surface area contributed by atoms with Gasteiger partial charge in [-0.1, -0.05) is 0 Å². The number of hydrogen-bond acceptors (Lipinski definition) is 3. The number of aldehydes is 1. The van der Waals surface area contributed by atoms with Gasteiger partial charge in [0.25, 0.3) is 0 Å². The van der Waals surface area contributed by atoms with E-state index in [9.17, 15) is 4.79 Å². The number of aromatic nitrogens is 2. The lowest BCUT2D eigenvalue weighted by molar-refractivity contribution is -0.108. The van der Waals surface area contributed by atoms with Crippen molar-refractivity contribution in [2.75, 3.05) is 0 Å². The highest BCUT2D eigenvalue weighted by molar-refractivity contribution is 5.48. The standard InChI is InChI=1S/C7H7N3O/c8-4-7-5-9-10(6-7)2-1-3-11/h3,5-6H,1-2H2. The highest BCUT2D eigenvalue weighted by Gasteiger charge is 1.94. The summed E-state index contributed by atoms with van der Waals surface area (Å²) in [4.78, 5) is 9.95. The normalized spacial score (nSPS) is 9.00. The molecular formula is C7H7N3O. The van der Waals surface area contributed by atoms with Gasteiger partial charge in [-0.05, 0) is 0 Å². The molecule has 1 rings (SSSR count). The molecular weight excluding hydrogens is 142 g/mol. The van der Waals surface area contributed by atoms with E-state index in [-0.39, 0.29) is 0 Å². The number of carbonyl (C=O) groups excluding carboxylic acids is 1. The van der Waals surface area contributed by atoms with Crippen molar-refractivity contribution in [3.8, 4) is 6.07 Å². The monoisotopic (exact) mass is 149 g/mol. The van der Waals surface area contributed by atoms with Crippen LogP contribution in [0.3, 0.4) is 0 Å². The van der Waals surface area contributed by atoms with E-state index in [0.29, 0.717) is 18.5 Å². The second-order valence-electron chi connectivity index (χ2n) is 2.06. The summed E-state index contributed by atoms with van der Waals surface area (Å²) in [5.41, 5.74) is 0.524. The van der Waals surface area contributed by atoms with Crippen molar-refractivity contribution in [2.24, 2.45) is 0 Å². The zero-order valence-electron chi connectivity index (χ0n) is 5.90. The minimum absolute atomic E-state index is 0.437. The molecule has 0 saturated heterocycles. The van der Waals surface area contributed by atoms with E-state index in [1.54, 1.807) is 10.9 Å². The van der Waals surface area contributed by atoms with E-state index < -0.39 is 0 Å². The molecule has 1 aromatic rings. The molecule has 0 unspecified atom stereocenters. The molecule has 0 bridgehead atoms. The topological polar surface area (TPSA) is 58.7 Å². The summed E-state index contributed by atoms with van der Waals surface area (Å²) in [6.45, 7) is 0.547. The van der Waals surface area contributed by atoms with E-state index in [1.807, 2.05) is 6.07 Å². The Morgan fingerprint density at radius 3 is 3.18 bits per heavy atom. The Hall–Kier alpha value is -1.63. The molecule has 11 heavy (non-hydrogen) atoms. The predicted molar refractivity (Wildman–Crippen MR) is 37.6 cm³/mol. The third-order valence-corrected chi connectivity index (χ3v) is 1.24. The Balaban J connectivity index is 2.59. The van der Waals surface area contributed by atoms with Crippen LogP contribution < -0.4 is 0 Å². The Morgan fingerprint density at radius 2 is 2.64 bits per heavy atom. The van der Waals surface area contributed by atoms with Crippen molar-refractivity contribution in [1.29, 1.82) is 5.26 Å². The number of carbonyl (C=O) groups is 1. The Morgan fingerprint density at radius 1 is 1.82 bits per heavy atom. The lowest BCUT2D eigenvalue weighted by atomic mass is 10.4. The number of nitriles is 1. The molecule has 0 radical (unpaired) electrons. The SMILES string of the molecule is N#Cc1cnn(CCC=O)c1. The largest absolute Gasteiger partial charge is 0.303 e. The van der Waals surface area contributed by atoms with Gasteiger partial charge in [0.1, 0.15) is 12.4 Å². The van der Waals surface area contributed by atoms with Gasteiger partial charge in [0.2, 0.25) is 0 Å². The van der Waals surface area contributed by atoms with E-state index in [2.05, 4.69) is 5.10 Å². The second kappa shape index (κ2) is 3.52. The maximum Gasteiger partial charge on any atom is 0.121 e. The van der Waals surface area contributed by atoms with Crippen molar-refractivity contribution >= 4 is 6.29 Å². The molecule has 0 atom stereocenters. The summed E-state index contributed by atoms with van der Waals surface area (Å²) in [5, 5.41) is 12.3. The number of hydrogen-bond donors (Lipinski definition) is 0. The molecule has 0 N–H and O–H groups in total. The summed E-state index contributed by atoms with van der Waals surface area (Å²) in [6.07, 6.45) is 4.36. The first-order valence-electron chi connectivity index (χ1n) is 3.23. The zero-order chi connectivity index (χ0) is 8.10. The van der Waals surface area contributed by atoms with Crippen LogP contribution in [0.5, 0.6) is 0 Å². The van der Waals surface area contributed by atoms with Crippen LogP contribution in [0.15, 0.2) is 12.4 Å². The zero-order valence-corrected chi connectivity index (χ0v) is 5.90. The summed E-state index contributed by atoms with van der Waals surface area (Å²) < 4.78 is 1.58. The van der Waals surface area contributed by atoms with E-state index in [4.69, 9.17) is 5.26 Å². The number of rotatable bonds is 3. The fourth-order valence-corrected chi connectivity index (χ4v) is 0.729. The maximum absolute atomic E-state index is 9.95. The van der Waals surface area contributed by atoms with Gasteiger partial charge in [0.05, 0.1) is 11.8 Å². The summed E-state index contributed by atoms with van der Waals surface area (Å²) >= 11 is 0. The van der Waals surface area contributed by atoms with Gasteiger partial charge in [0, 0.05) is 19.2 Å². The summed E-state index contributed by atoms with van der Waals surface area (Å²) in [6, 6.07) is 1.95. The van der Waals surface area contributed by atoms with Gasteiger partial charge in [-0.3, -0.25) is 4.68 Å². The van der Waals surface area contributed by atoms with Crippen LogP contribution in [-0.2, 0) is 11.3 Å². The van der Waals surface area contributed by atoms with Gasteiger partial charge in [0.15, 0.2) is 0 Å². The van der Waals surface area contributed by atoms with Crippen LogP contribution in [0.4, 0.5) is 0 Å². The van der Waals surface area contributed by atoms with Crippen molar-refractivity contribution in [1.82, 2.24) is 9.78 Å². The lowest BCUT2D eigenvalue weighted by Gasteiger charge is -1.92. The molecule has 0 aromatic carbocycles. The van der Waals surface area contributed by atoms with Crippen molar-refractivity contribution in [3.63, 3.8) is 0 Å². The van der Waals surface area contributed by atoms with Crippen LogP contribution in [0.2, 0.25) is 0 Å². The Kier molecular flexibility index (Phi) is 2.39. The molecule has 0 saturated carbocycles. The molecule has 0 amide bonds. The predicted octanol–water partition coefficient (Wildman–Crippen LogP) is 0.344. The quantitative estimate of drug-likeness (QED) is 0.582. The van der Waals surface area contributed by atoms with Crippen molar-refractivity contribution in [2.45, 2.75) is 13.0 Å². The molecule has 1 heterocycles. The average Bonchev–Trinajstić information content (AvgIpc) is 2.48. The van der Waals surface area contributed by atoms with E-state index >= 15 is 0 Å². The van der Waals surface area contributed by atoms with Gasteiger partial charge >= 0.3 is 0 Å². The van der Waals surface area contributed by atoms with Crippen LogP contribution in [-0.4, -0.2) is 16.1 Å². The van der Waals surface area contributed by atoms with E-state index in [0.717, 1.165) is 6.29 Å². The van der Waals surface area contributed by atoms with Gasteiger partial charge in [-0.2, -0.15) is 10.4 Å². The third kappa shape index (κ3) is 1.90. The first-order valence-corrected chi connectivity index (χ1v) is 3.23. The Bertz CT molecular complexity index is 284. The molecule has 4 nitrogen and oxygen atoms in total. The summed E-state index contributed by atoms with van der Waals surface area (Å²) in [5.74, 6) is 0. The molecule has 4 heteroatoms. The molecule has 56 valence electrons. The highest BCUT2D eigenvalue weighted by atomic mass is 16.1. The molecule has 0 aliphatic rings. The fraction of sp³-hybridized carbons (Fsp3) is 0.286. The summed E-state index contributed by atoms with van der Waals surface area (Å²) in [7, 11) is 0. The van der Waals surface area contributed by atoms with Crippen LogP contribution >= 0.6 is 0 Å². The van der Waals surface area contributed by atoms with Crippen molar-refractivity contribution < 1.29 is 4.79 Å². The maximum atomic E-state index is 9.95. The third-order valence-electron chi connectivity index (χ3n) is 1.24. The lowest BCUT2D eigenvalue weighted by Crippen LogP contribution is -1.97. The first kappa shape index (κ1) is 7.48. The first-order chi connectivity index (χ1) is 5.36.